The minimum absolute atomic E-state index is 0. The normalized spacial score (nSPS) is 10.9. The van der Waals surface area contributed by atoms with Crippen molar-refractivity contribution in [1.29, 1.82) is 0 Å². The van der Waals surface area contributed by atoms with Crippen molar-refractivity contribution in [3.63, 3.8) is 0 Å². The van der Waals surface area contributed by atoms with Crippen LogP contribution in [0.3, 0.4) is 0 Å². The van der Waals surface area contributed by atoms with Gasteiger partial charge in [0.05, 0.1) is 11.4 Å². The molecule has 0 unspecified atom stereocenters. The Bertz CT molecular complexity index is 3000. The Morgan fingerprint density at radius 2 is 0.846 bits per heavy atom. The van der Waals surface area contributed by atoms with Gasteiger partial charge in [-0.1, -0.05) is 127 Å². The summed E-state index contributed by atoms with van der Waals surface area (Å²) in [5.74, 6) is 0. The van der Waals surface area contributed by atoms with Crippen LogP contribution in [0.2, 0.25) is 0 Å². The molecule has 315 valence electrons. The number of hydrogen-bond donors (Lipinski definition) is 0. The number of pyridine rings is 4. The summed E-state index contributed by atoms with van der Waals surface area (Å²) in [6.07, 6.45) is 11.4. The maximum absolute atomic E-state index is 5.07. The van der Waals surface area contributed by atoms with Gasteiger partial charge in [0.15, 0.2) is 0 Å². The first-order valence-electron chi connectivity index (χ1n) is 21.8. The Morgan fingerprint density at radius 1 is 0.308 bits per heavy atom. The third-order valence-corrected chi connectivity index (χ3v) is 11.7. The van der Waals surface area contributed by atoms with Gasteiger partial charge in [-0.3, -0.25) is 9.97 Å². The van der Waals surface area contributed by atoms with Crippen molar-refractivity contribution in [2.45, 2.75) is 25.7 Å². The average Bonchev–Trinajstić information content (AvgIpc) is 3.38. The quantitative estimate of drug-likeness (QED) is 0.108. The molecule has 65 heavy (non-hydrogen) atoms. The van der Waals surface area contributed by atoms with Crippen molar-refractivity contribution in [3.05, 3.63) is 253 Å². The minimum atomic E-state index is 0. The van der Waals surface area contributed by atoms with Crippen LogP contribution in [0.15, 0.2) is 219 Å². The van der Waals surface area contributed by atoms with E-state index in [1.165, 1.54) is 44.5 Å². The van der Waals surface area contributed by atoms with Gasteiger partial charge >= 0.3 is 0 Å². The van der Waals surface area contributed by atoms with Gasteiger partial charge in [0.1, 0.15) is 0 Å². The molecule has 0 saturated carbocycles. The van der Waals surface area contributed by atoms with Crippen LogP contribution < -0.4 is 0 Å². The summed E-state index contributed by atoms with van der Waals surface area (Å²) >= 11 is 0. The van der Waals surface area contributed by atoms with E-state index in [1.54, 1.807) is 0 Å². The van der Waals surface area contributed by atoms with Gasteiger partial charge in [-0.15, -0.1) is 71.8 Å². The number of hydrogen-bond acceptors (Lipinski definition) is 4. The summed E-state index contributed by atoms with van der Waals surface area (Å²) in [4.78, 5) is 19.1. The standard InChI is InChI=1S/C60H44N4.Ir/c1-4-14-47(15-5-1)48-29-31-49(32-30-48)55-39-60(51-18-8-3-9-19-51)64-42-56(55)54-21-11-10-20-53(54)52-37-45(25-23-43-27-33-57(62-40-43)50-16-6-2-7-17-50)36-46(38-52)26-24-44-28-34-59(63-41-44)58-22-12-13-35-61-58;/h1-16,18,20-22,27-42H,23-26H2;/q-2;. The van der Waals surface area contributed by atoms with E-state index in [9.17, 15) is 0 Å². The Labute approximate surface area is 395 Å². The van der Waals surface area contributed by atoms with E-state index in [-0.39, 0.29) is 20.1 Å². The number of benzene rings is 6. The van der Waals surface area contributed by atoms with E-state index in [0.717, 1.165) is 81.8 Å². The monoisotopic (exact) mass is 1010 g/mol. The van der Waals surface area contributed by atoms with E-state index in [4.69, 9.17) is 15.0 Å². The second-order valence-corrected chi connectivity index (χ2v) is 16.0. The van der Waals surface area contributed by atoms with E-state index < -0.39 is 0 Å². The molecular formula is C60H44IrN4-2. The van der Waals surface area contributed by atoms with Crippen molar-refractivity contribution < 1.29 is 20.1 Å². The average molecular weight is 1010 g/mol. The van der Waals surface area contributed by atoms with Crippen LogP contribution in [0.25, 0.3) is 78.4 Å². The molecule has 0 saturated heterocycles. The van der Waals surface area contributed by atoms with Gasteiger partial charge in [-0.05, 0) is 116 Å². The van der Waals surface area contributed by atoms with Crippen LogP contribution in [0.5, 0.6) is 0 Å². The van der Waals surface area contributed by atoms with E-state index in [0.29, 0.717) is 0 Å². The second-order valence-electron chi connectivity index (χ2n) is 16.0. The summed E-state index contributed by atoms with van der Waals surface area (Å²) in [7, 11) is 0. The predicted octanol–water partition coefficient (Wildman–Crippen LogP) is 14.1. The van der Waals surface area contributed by atoms with Crippen LogP contribution in [0, 0.1) is 12.1 Å². The number of aromatic nitrogens is 4. The van der Waals surface area contributed by atoms with Crippen LogP contribution in [-0.2, 0) is 45.8 Å². The Morgan fingerprint density at radius 3 is 1.46 bits per heavy atom. The number of aryl methyl sites for hydroxylation is 4. The molecule has 0 fully saturated rings. The minimum Gasteiger partial charge on any atom is -0.304 e. The molecular weight excluding hydrogens is 969 g/mol. The van der Waals surface area contributed by atoms with Crippen molar-refractivity contribution in [2.24, 2.45) is 0 Å². The molecule has 0 aliphatic carbocycles. The third-order valence-electron chi connectivity index (χ3n) is 11.7. The van der Waals surface area contributed by atoms with Gasteiger partial charge in [0.25, 0.3) is 0 Å². The molecule has 4 heterocycles. The topological polar surface area (TPSA) is 51.6 Å². The summed E-state index contributed by atoms with van der Waals surface area (Å²) in [6, 6.07) is 74.8. The molecule has 0 atom stereocenters. The molecule has 0 aliphatic rings. The van der Waals surface area contributed by atoms with Crippen molar-refractivity contribution in [3.8, 4) is 78.4 Å². The number of rotatable bonds is 13. The molecule has 0 N–H and O–H groups in total. The van der Waals surface area contributed by atoms with Gasteiger partial charge < -0.3 is 9.97 Å². The van der Waals surface area contributed by atoms with E-state index in [1.807, 2.05) is 79.4 Å². The smallest absolute Gasteiger partial charge is 0.0886 e. The van der Waals surface area contributed by atoms with Crippen LogP contribution in [0.1, 0.15) is 22.3 Å². The Kier molecular flexibility index (Phi) is 13.4. The maximum Gasteiger partial charge on any atom is 0.0886 e. The zero-order valence-corrected chi connectivity index (χ0v) is 38.1. The summed E-state index contributed by atoms with van der Waals surface area (Å²) in [6.45, 7) is 0. The van der Waals surface area contributed by atoms with Crippen LogP contribution in [0.4, 0.5) is 0 Å². The summed E-state index contributed by atoms with van der Waals surface area (Å²) < 4.78 is 0. The van der Waals surface area contributed by atoms with Gasteiger partial charge in [-0.2, -0.15) is 0 Å². The zero-order chi connectivity index (χ0) is 42.9. The fourth-order valence-corrected chi connectivity index (χ4v) is 8.36. The second kappa shape index (κ2) is 20.4. The van der Waals surface area contributed by atoms with Crippen molar-refractivity contribution in [2.75, 3.05) is 0 Å². The molecule has 1 radical (unpaired) electrons. The van der Waals surface area contributed by atoms with Gasteiger partial charge in [-0.25, -0.2) is 0 Å². The molecule has 0 aliphatic heterocycles. The number of nitrogens with zero attached hydrogens (tertiary/aromatic N) is 4. The van der Waals surface area contributed by atoms with Gasteiger partial charge in [0.2, 0.25) is 0 Å². The zero-order valence-electron chi connectivity index (χ0n) is 35.7. The predicted molar refractivity (Wildman–Crippen MR) is 261 cm³/mol. The first-order valence-corrected chi connectivity index (χ1v) is 21.8. The Balaban J connectivity index is 0.00000533. The summed E-state index contributed by atoms with van der Waals surface area (Å²) in [5, 5.41) is 0. The maximum atomic E-state index is 5.07. The fraction of sp³-hybridized carbons (Fsp3) is 0.0667. The molecule has 0 amide bonds. The van der Waals surface area contributed by atoms with Crippen molar-refractivity contribution >= 4 is 0 Å². The molecule has 4 nitrogen and oxygen atoms in total. The first kappa shape index (κ1) is 42.9. The summed E-state index contributed by atoms with van der Waals surface area (Å²) in [5.41, 5.74) is 19.7. The molecule has 10 aromatic rings. The third kappa shape index (κ3) is 10.2. The molecule has 10 rings (SSSR count). The Hall–Kier alpha value is -7.43. The molecule has 4 aromatic heterocycles. The van der Waals surface area contributed by atoms with Crippen LogP contribution in [-0.4, -0.2) is 19.9 Å². The van der Waals surface area contributed by atoms with E-state index >= 15 is 0 Å². The molecule has 5 heteroatoms. The molecule has 6 aromatic carbocycles. The molecule has 0 spiro atoms. The molecule has 0 bridgehead atoms. The van der Waals surface area contributed by atoms with Crippen LogP contribution >= 0.6 is 0 Å². The largest absolute Gasteiger partial charge is 0.304 e. The SMILES string of the molecule is [Ir].[c-]1ccccc1-c1ccc(CCc2cc(CCc3ccc(-c4ccccn4)nc3)cc(-c3ccccc3-c3cnc(-c4[c-]cccc4)cc3-c3ccc(-c4ccccc4)cc3)c2)cn1. The fourth-order valence-electron chi connectivity index (χ4n) is 8.36. The van der Waals surface area contributed by atoms with E-state index in [2.05, 4.69) is 157 Å². The van der Waals surface area contributed by atoms with Crippen molar-refractivity contribution in [1.82, 2.24) is 19.9 Å². The first-order chi connectivity index (χ1) is 31.7. The van der Waals surface area contributed by atoms with Gasteiger partial charge in [0, 0.05) is 50.5 Å².